The van der Waals surface area contributed by atoms with Crippen LogP contribution in [0.25, 0.3) is 0 Å². The Morgan fingerprint density at radius 2 is 0.718 bits per heavy atom. The fourth-order valence-corrected chi connectivity index (χ4v) is 11.7. The Bertz CT molecular complexity index is 1590. The number of esters is 1. The fourth-order valence-electron chi connectivity index (χ4n) is 11.0. The third-order valence-corrected chi connectivity index (χ3v) is 17.7. The summed E-state index contributed by atoms with van der Waals surface area (Å²) >= 11 is 0. The molecule has 0 heterocycles. The van der Waals surface area contributed by atoms with Crippen LogP contribution in [0.3, 0.4) is 0 Å². The molecule has 0 bridgehead atoms. The van der Waals surface area contributed by atoms with Crippen molar-refractivity contribution >= 4 is 19.7 Å². The first kappa shape index (κ1) is 83.0. The van der Waals surface area contributed by atoms with E-state index in [1.54, 1.807) is 0 Å². The molecule has 0 radical (unpaired) electrons. The van der Waals surface area contributed by atoms with E-state index in [-0.39, 0.29) is 31.5 Å². The van der Waals surface area contributed by atoms with Gasteiger partial charge in [-0.2, -0.15) is 0 Å². The van der Waals surface area contributed by atoms with Crippen LogP contribution in [-0.2, 0) is 27.9 Å². The number of unbranched alkanes of at least 4 members (excludes halogenated alkanes) is 46. The van der Waals surface area contributed by atoms with Crippen molar-refractivity contribution in [3.63, 3.8) is 0 Å². The Labute approximate surface area is 529 Å². The van der Waals surface area contributed by atoms with Gasteiger partial charge in [-0.1, -0.05) is 314 Å². The molecule has 9 nitrogen and oxygen atoms in total. The van der Waals surface area contributed by atoms with E-state index in [4.69, 9.17) is 13.8 Å². The van der Waals surface area contributed by atoms with E-state index in [0.717, 1.165) is 64.2 Å². The van der Waals surface area contributed by atoms with Crippen molar-refractivity contribution < 1.29 is 37.3 Å². The summed E-state index contributed by atoms with van der Waals surface area (Å²) in [4.78, 5) is 40.2. The predicted octanol–water partition coefficient (Wildman–Crippen LogP) is 22.9. The van der Waals surface area contributed by atoms with Gasteiger partial charge < -0.3 is 28.5 Å². The topological polar surface area (TPSA) is 114 Å². The summed E-state index contributed by atoms with van der Waals surface area (Å²) in [6.45, 7) is 6.86. The molecule has 0 aliphatic heterocycles. The number of phosphoric ester groups is 1. The van der Waals surface area contributed by atoms with E-state index in [2.05, 4.69) is 62.5 Å². The summed E-state index contributed by atoms with van der Waals surface area (Å²) in [5.74, 6) is -0.527. The number of hydrogen-bond acceptors (Lipinski definition) is 7. The summed E-state index contributed by atoms with van der Waals surface area (Å²) in [6, 6.07) is -0.888. The lowest BCUT2D eigenvalue weighted by molar-refractivity contribution is -0.870. The summed E-state index contributed by atoms with van der Waals surface area (Å²) in [6.07, 6.45) is 82.5. The molecule has 0 aliphatic rings. The highest BCUT2D eigenvalue weighted by Gasteiger charge is 2.27. The number of amides is 1. The molecule has 0 fully saturated rings. The molecule has 0 spiro atoms. The average Bonchev–Trinajstić information content (AvgIpc) is 3.63. The third-order valence-electron chi connectivity index (χ3n) is 16.7. The molecule has 3 atom stereocenters. The second-order valence-corrected chi connectivity index (χ2v) is 27.9. The summed E-state index contributed by atoms with van der Waals surface area (Å²) in [5.41, 5.74) is 0. The molecule has 1 N–H and O–H groups in total. The lowest BCUT2D eigenvalue weighted by Crippen LogP contribution is -2.47. The number of nitrogens with zero attached hydrogens (tertiary/aromatic N) is 1. The molecular formula is C75H143N2O7P. The zero-order chi connectivity index (χ0) is 62.1. The van der Waals surface area contributed by atoms with Crippen molar-refractivity contribution in [1.82, 2.24) is 5.32 Å². The van der Waals surface area contributed by atoms with Gasteiger partial charge in [0.2, 0.25) is 5.91 Å². The number of rotatable bonds is 68. The van der Waals surface area contributed by atoms with Crippen LogP contribution in [0, 0.1) is 0 Å². The zero-order valence-electron chi connectivity index (χ0n) is 57.3. The molecule has 1 amide bonds. The van der Waals surface area contributed by atoms with Crippen LogP contribution < -0.4 is 10.2 Å². The van der Waals surface area contributed by atoms with E-state index >= 15 is 0 Å². The quantitative estimate of drug-likeness (QED) is 0.0212. The van der Waals surface area contributed by atoms with Gasteiger partial charge in [-0.25, -0.2) is 0 Å². The van der Waals surface area contributed by atoms with Crippen molar-refractivity contribution in [3.8, 4) is 0 Å². The van der Waals surface area contributed by atoms with Crippen LogP contribution in [0.1, 0.15) is 367 Å². The Kier molecular flexibility index (Phi) is 63.4. The predicted molar refractivity (Wildman–Crippen MR) is 367 cm³/mol. The van der Waals surface area contributed by atoms with E-state index in [9.17, 15) is 19.0 Å². The zero-order valence-corrected chi connectivity index (χ0v) is 58.2. The highest BCUT2D eigenvalue weighted by molar-refractivity contribution is 7.45. The Hall–Kier alpha value is -2.03. The SMILES string of the molecule is CCCCC/C=C\C/C=C\CCCCCCCCCCCCCC(=O)OC(/C=C\CCCCCCCCCCC)C(COP(=O)([O-])OCC[N+](C)(C)C)NC(=O)CCCCCCCCCCCCCCCCCCC/C=C/CCCCCCCC. The van der Waals surface area contributed by atoms with Crippen LogP contribution in [-0.4, -0.2) is 69.4 Å². The maximum absolute atomic E-state index is 13.6. The van der Waals surface area contributed by atoms with Gasteiger partial charge in [0, 0.05) is 12.8 Å². The molecule has 0 aromatic rings. The maximum Gasteiger partial charge on any atom is 0.306 e. The number of hydrogen-bond donors (Lipinski definition) is 1. The molecule has 10 heteroatoms. The molecule has 3 unspecified atom stereocenters. The molecule has 0 aromatic carbocycles. The first-order valence-electron chi connectivity index (χ1n) is 36.9. The van der Waals surface area contributed by atoms with Crippen LogP contribution in [0.4, 0.5) is 0 Å². The molecular weight excluding hydrogens is 1070 g/mol. The van der Waals surface area contributed by atoms with Crippen molar-refractivity contribution in [1.29, 1.82) is 0 Å². The average molecular weight is 1220 g/mol. The van der Waals surface area contributed by atoms with Gasteiger partial charge in [0.25, 0.3) is 7.82 Å². The number of quaternary nitrogens is 1. The monoisotopic (exact) mass is 1220 g/mol. The highest BCUT2D eigenvalue weighted by Crippen LogP contribution is 2.38. The van der Waals surface area contributed by atoms with Gasteiger partial charge >= 0.3 is 5.97 Å². The lowest BCUT2D eigenvalue weighted by Gasteiger charge is -2.30. The minimum Gasteiger partial charge on any atom is -0.756 e. The Balaban J connectivity index is 4.93. The summed E-state index contributed by atoms with van der Waals surface area (Å²) in [5, 5.41) is 3.05. The number of carbonyl (C=O) groups is 2. The standard InChI is InChI=1S/C75H143N2O7P/c1-7-10-13-16-19-22-25-27-29-31-33-35-36-37-38-39-40-42-43-45-47-49-52-55-58-61-64-67-74(78)76-72(71-83-85(80,81)82-70-69-77(4,5)6)73(66-63-60-57-54-51-24-21-18-15-12-9-3)84-75(79)68-65-62-59-56-53-50-48-46-44-41-34-32-30-28-26-23-20-17-14-11-8-2/h20,23,27-30,63,66,72-73H,7-19,21-22,24-26,31-62,64-65,67-71H2,1-6H3,(H-,76,78,80,81)/b23-20-,29-27+,30-28-,66-63-. The fraction of sp³-hybridized carbons (Fsp3) is 0.867. The molecule has 0 rings (SSSR count). The number of nitrogens with one attached hydrogen (secondary N) is 1. The Morgan fingerprint density at radius 1 is 0.412 bits per heavy atom. The molecule has 500 valence electrons. The van der Waals surface area contributed by atoms with E-state index in [1.165, 1.54) is 270 Å². The molecule has 0 aliphatic carbocycles. The number of allylic oxidation sites excluding steroid dienone is 7. The van der Waals surface area contributed by atoms with Crippen molar-refractivity contribution in [3.05, 3.63) is 48.6 Å². The molecule has 0 aromatic heterocycles. The van der Waals surface area contributed by atoms with Crippen LogP contribution in [0.15, 0.2) is 48.6 Å². The minimum absolute atomic E-state index is 0.0208. The second kappa shape index (κ2) is 64.9. The van der Waals surface area contributed by atoms with E-state index in [1.807, 2.05) is 33.3 Å². The van der Waals surface area contributed by atoms with Crippen LogP contribution in [0.5, 0.6) is 0 Å². The smallest absolute Gasteiger partial charge is 0.306 e. The van der Waals surface area contributed by atoms with Crippen LogP contribution >= 0.6 is 7.82 Å². The maximum atomic E-state index is 13.6. The first-order chi connectivity index (χ1) is 41.4. The summed E-state index contributed by atoms with van der Waals surface area (Å²) < 4.78 is 30.5. The number of ether oxygens (including phenoxy) is 1. The first-order valence-corrected chi connectivity index (χ1v) is 38.4. The minimum atomic E-state index is -4.70. The largest absolute Gasteiger partial charge is 0.756 e. The number of likely N-dealkylation sites (N-methyl/N-ethyl adjacent to an activating group) is 1. The van der Waals surface area contributed by atoms with Gasteiger partial charge in [0.05, 0.1) is 33.8 Å². The van der Waals surface area contributed by atoms with Gasteiger partial charge in [0.1, 0.15) is 19.3 Å². The highest BCUT2D eigenvalue weighted by atomic mass is 31.2. The summed E-state index contributed by atoms with van der Waals surface area (Å²) in [7, 11) is 1.20. The Morgan fingerprint density at radius 3 is 1.09 bits per heavy atom. The van der Waals surface area contributed by atoms with Gasteiger partial charge in [0.15, 0.2) is 0 Å². The van der Waals surface area contributed by atoms with E-state index in [0.29, 0.717) is 17.4 Å². The van der Waals surface area contributed by atoms with Crippen molar-refractivity contribution in [2.24, 2.45) is 0 Å². The third kappa shape index (κ3) is 66.2. The number of phosphoric acid groups is 1. The number of carbonyl (C=O) groups excluding carboxylic acids is 2. The van der Waals surface area contributed by atoms with Gasteiger partial charge in [-0.3, -0.25) is 14.2 Å². The van der Waals surface area contributed by atoms with Crippen molar-refractivity contribution in [2.75, 3.05) is 40.9 Å². The second-order valence-electron chi connectivity index (χ2n) is 26.4. The molecule has 0 saturated heterocycles. The molecule has 0 saturated carbocycles. The van der Waals surface area contributed by atoms with Crippen molar-refractivity contribution in [2.45, 2.75) is 380 Å². The van der Waals surface area contributed by atoms with Gasteiger partial charge in [-0.05, 0) is 89.5 Å². The van der Waals surface area contributed by atoms with Crippen LogP contribution in [0.2, 0.25) is 0 Å². The van der Waals surface area contributed by atoms with E-state index < -0.39 is 20.0 Å². The normalized spacial score (nSPS) is 13.7. The van der Waals surface area contributed by atoms with Gasteiger partial charge in [-0.15, -0.1) is 0 Å². The lowest BCUT2D eigenvalue weighted by atomic mass is 10.0. The molecule has 85 heavy (non-hydrogen) atoms.